The Labute approximate surface area is 182 Å². The fourth-order valence-corrected chi connectivity index (χ4v) is 4.92. The summed E-state index contributed by atoms with van der Waals surface area (Å²) >= 11 is 0. The normalized spacial score (nSPS) is 17.0. The lowest BCUT2D eigenvalue weighted by Crippen LogP contribution is -2.39. The van der Waals surface area contributed by atoms with Gasteiger partial charge in [-0.05, 0) is 57.4 Å². The monoisotopic (exact) mass is 415 g/mol. The van der Waals surface area contributed by atoms with Crippen molar-refractivity contribution in [3.05, 3.63) is 65.2 Å². The summed E-state index contributed by atoms with van der Waals surface area (Å²) in [6.45, 7) is 8.63. The van der Waals surface area contributed by atoms with Gasteiger partial charge in [0.1, 0.15) is 11.4 Å². The molecule has 1 unspecified atom stereocenters. The van der Waals surface area contributed by atoms with Gasteiger partial charge in [0.25, 0.3) is 5.91 Å². The van der Waals surface area contributed by atoms with E-state index in [1.807, 2.05) is 30.0 Å². The Morgan fingerprint density at radius 2 is 2.03 bits per heavy atom. The highest BCUT2D eigenvalue weighted by atomic mass is 16.3. The van der Waals surface area contributed by atoms with Crippen LogP contribution in [-0.4, -0.2) is 33.4 Å². The van der Waals surface area contributed by atoms with Crippen LogP contribution < -0.4 is 0 Å². The molecule has 5 nitrogen and oxygen atoms in total. The van der Waals surface area contributed by atoms with E-state index in [2.05, 4.69) is 42.7 Å². The van der Waals surface area contributed by atoms with E-state index in [1.165, 1.54) is 11.1 Å². The second-order valence-corrected chi connectivity index (χ2v) is 8.76. The van der Waals surface area contributed by atoms with E-state index >= 15 is 0 Å². The van der Waals surface area contributed by atoms with E-state index in [9.17, 15) is 4.79 Å². The zero-order valence-corrected chi connectivity index (χ0v) is 18.5. The standard InChI is InChI=1S/C26H29N3O2/c1-4-13-29-22-10-6-5-9-21(22)27-25(29)19-8-7-14-28(16-19)26(30)24-18(3)20-15-17(2)11-12-23(20)31-24/h5-6,9-12,15,19H,4,7-8,13-14,16H2,1-3H3. The fourth-order valence-electron chi connectivity index (χ4n) is 4.92. The molecule has 160 valence electrons. The molecular formula is C26H29N3O2. The number of furan rings is 1. The quantitative estimate of drug-likeness (QED) is 0.421. The van der Waals surface area contributed by atoms with Crippen molar-refractivity contribution in [2.75, 3.05) is 13.1 Å². The summed E-state index contributed by atoms with van der Waals surface area (Å²) in [5, 5.41) is 1.03. The Morgan fingerprint density at radius 3 is 2.87 bits per heavy atom. The molecule has 5 heteroatoms. The van der Waals surface area contributed by atoms with Crippen LogP contribution >= 0.6 is 0 Å². The molecule has 31 heavy (non-hydrogen) atoms. The minimum absolute atomic E-state index is 0.00537. The van der Waals surface area contributed by atoms with Crippen molar-refractivity contribution in [3.63, 3.8) is 0 Å². The smallest absolute Gasteiger partial charge is 0.289 e. The Balaban J connectivity index is 1.46. The zero-order chi connectivity index (χ0) is 21.5. The second-order valence-electron chi connectivity index (χ2n) is 8.76. The summed E-state index contributed by atoms with van der Waals surface area (Å²) in [7, 11) is 0. The van der Waals surface area contributed by atoms with Gasteiger partial charge in [-0.1, -0.05) is 30.7 Å². The molecular weight excluding hydrogens is 386 g/mol. The third kappa shape index (κ3) is 3.42. The lowest BCUT2D eigenvalue weighted by atomic mass is 9.96. The van der Waals surface area contributed by atoms with Crippen LogP contribution in [0.15, 0.2) is 46.9 Å². The van der Waals surface area contributed by atoms with Crippen molar-refractivity contribution >= 4 is 27.9 Å². The number of aromatic nitrogens is 2. The minimum atomic E-state index is -0.00537. The van der Waals surface area contributed by atoms with Gasteiger partial charge in [-0.15, -0.1) is 0 Å². The molecule has 3 heterocycles. The Hall–Kier alpha value is -3.08. The average molecular weight is 416 g/mol. The number of fused-ring (bicyclic) bond motifs is 2. The van der Waals surface area contributed by atoms with Gasteiger partial charge in [0.2, 0.25) is 0 Å². The number of benzene rings is 2. The van der Waals surface area contributed by atoms with E-state index in [0.29, 0.717) is 12.3 Å². The first-order valence-electron chi connectivity index (χ1n) is 11.3. The van der Waals surface area contributed by atoms with Crippen LogP contribution in [0.4, 0.5) is 0 Å². The molecule has 1 aliphatic heterocycles. The summed E-state index contributed by atoms with van der Waals surface area (Å²) in [5.41, 5.74) is 5.11. The molecule has 0 saturated carbocycles. The van der Waals surface area contributed by atoms with Gasteiger partial charge in [-0.3, -0.25) is 4.79 Å². The van der Waals surface area contributed by atoms with Crippen LogP contribution in [-0.2, 0) is 6.54 Å². The fraction of sp³-hybridized carbons (Fsp3) is 0.385. The summed E-state index contributed by atoms with van der Waals surface area (Å²) < 4.78 is 8.36. The molecule has 4 aromatic rings. The first-order chi connectivity index (χ1) is 15.1. The van der Waals surface area contributed by atoms with E-state index in [-0.39, 0.29) is 11.8 Å². The number of para-hydroxylation sites is 2. The van der Waals surface area contributed by atoms with E-state index < -0.39 is 0 Å². The number of carbonyl (C=O) groups excluding carboxylic acids is 1. The van der Waals surface area contributed by atoms with Crippen LogP contribution in [0, 0.1) is 13.8 Å². The number of hydrogen-bond acceptors (Lipinski definition) is 3. The number of nitrogens with zero attached hydrogens (tertiary/aromatic N) is 3. The molecule has 0 spiro atoms. The Bertz CT molecular complexity index is 1270. The molecule has 1 amide bonds. The van der Waals surface area contributed by atoms with E-state index in [0.717, 1.165) is 60.2 Å². The van der Waals surface area contributed by atoms with Crippen molar-refractivity contribution in [3.8, 4) is 0 Å². The minimum Gasteiger partial charge on any atom is -0.451 e. The molecule has 1 atom stereocenters. The van der Waals surface area contributed by atoms with Gasteiger partial charge in [0, 0.05) is 36.5 Å². The van der Waals surface area contributed by atoms with Gasteiger partial charge >= 0.3 is 0 Å². The molecule has 0 aliphatic carbocycles. The average Bonchev–Trinajstić information content (AvgIpc) is 3.32. The molecule has 0 N–H and O–H groups in total. The zero-order valence-electron chi connectivity index (χ0n) is 18.5. The van der Waals surface area contributed by atoms with E-state index in [1.54, 1.807) is 0 Å². The van der Waals surface area contributed by atoms with Gasteiger partial charge < -0.3 is 13.9 Å². The maximum Gasteiger partial charge on any atom is 0.289 e. The highest BCUT2D eigenvalue weighted by molar-refractivity contribution is 5.99. The number of piperidine rings is 1. The summed E-state index contributed by atoms with van der Waals surface area (Å²) in [5.74, 6) is 1.82. The summed E-state index contributed by atoms with van der Waals surface area (Å²) in [6, 6.07) is 14.4. The van der Waals surface area contributed by atoms with Gasteiger partial charge in [-0.25, -0.2) is 4.98 Å². The first kappa shape index (κ1) is 19.9. The number of rotatable bonds is 4. The van der Waals surface area contributed by atoms with Crippen LogP contribution in [0.3, 0.4) is 0 Å². The van der Waals surface area contributed by atoms with Gasteiger partial charge in [-0.2, -0.15) is 0 Å². The lowest BCUT2D eigenvalue weighted by Gasteiger charge is -2.32. The van der Waals surface area contributed by atoms with Crippen molar-refractivity contribution in [2.45, 2.75) is 52.5 Å². The van der Waals surface area contributed by atoms with Crippen LogP contribution in [0.5, 0.6) is 0 Å². The molecule has 1 aliphatic rings. The SMILES string of the molecule is CCCn1c(C2CCCN(C(=O)c3oc4ccc(C)cc4c3C)C2)nc2ccccc21. The molecule has 0 bridgehead atoms. The second kappa shape index (κ2) is 7.88. The molecule has 5 rings (SSSR count). The highest BCUT2D eigenvalue weighted by Gasteiger charge is 2.31. The van der Waals surface area contributed by atoms with Gasteiger partial charge in [0.15, 0.2) is 5.76 Å². The number of imidazole rings is 1. The molecule has 0 radical (unpaired) electrons. The van der Waals surface area contributed by atoms with E-state index in [4.69, 9.17) is 9.40 Å². The van der Waals surface area contributed by atoms with Crippen molar-refractivity contribution in [1.29, 1.82) is 0 Å². The maximum absolute atomic E-state index is 13.4. The predicted octanol–water partition coefficient (Wildman–Crippen LogP) is 5.83. The predicted molar refractivity (Wildman–Crippen MR) is 124 cm³/mol. The number of aryl methyl sites for hydroxylation is 3. The number of hydrogen-bond donors (Lipinski definition) is 0. The topological polar surface area (TPSA) is 51.3 Å². The lowest BCUT2D eigenvalue weighted by molar-refractivity contribution is 0.0672. The van der Waals surface area contributed by atoms with Crippen molar-refractivity contribution in [2.24, 2.45) is 0 Å². The third-order valence-corrected chi connectivity index (χ3v) is 6.49. The first-order valence-corrected chi connectivity index (χ1v) is 11.3. The summed E-state index contributed by atoms with van der Waals surface area (Å²) in [4.78, 5) is 20.4. The molecule has 2 aromatic carbocycles. The van der Waals surface area contributed by atoms with Crippen molar-refractivity contribution in [1.82, 2.24) is 14.5 Å². The van der Waals surface area contributed by atoms with Crippen LogP contribution in [0.2, 0.25) is 0 Å². The number of likely N-dealkylation sites (tertiary alicyclic amines) is 1. The highest BCUT2D eigenvalue weighted by Crippen LogP contribution is 2.32. The molecule has 1 saturated heterocycles. The van der Waals surface area contributed by atoms with Crippen molar-refractivity contribution < 1.29 is 9.21 Å². The maximum atomic E-state index is 13.4. The Morgan fingerprint density at radius 1 is 1.19 bits per heavy atom. The van der Waals surface area contributed by atoms with Crippen LogP contribution in [0.25, 0.3) is 22.0 Å². The van der Waals surface area contributed by atoms with Crippen LogP contribution in [0.1, 0.15) is 59.6 Å². The largest absolute Gasteiger partial charge is 0.451 e. The number of carbonyl (C=O) groups is 1. The molecule has 1 fully saturated rings. The number of amides is 1. The molecule has 2 aromatic heterocycles. The van der Waals surface area contributed by atoms with Gasteiger partial charge in [0.05, 0.1) is 11.0 Å². The third-order valence-electron chi connectivity index (χ3n) is 6.49. The summed E-state index contributed by atoms with van der Waals surface area (Å²) in [6.07, 6.45) is 3.08. The Kier molecular flexibility index (Phi) is 5.05.